The predicted octanol–water partition coefficient (Wildman–Crippen LogP) is 6.23. The molecule has 1 aliphatic rings. The van der Waals surface area contributed by atoms with Gasteiger partial charge in [0.2, 0.25) is 0 Å². The van der Waals surface area contributed by atoms with Gasteiger partial charge in [0.15, 0.2) is 24.0 Å². The molecule has 0 fully saturated rings. The number of nitrogens with zero attached hydrogens (tertiary/aromatic N) is 1. The lowest BCUT2D eigenvalue weighted by molar-refractivity contribution is -0.118. The molecule has 0 unspecified atom stereocenters. The highest BCUT2D eigenvalue weighted by Gasteiger charge is 2.29. The number of nitrogens with one attached hydrogen (secondary N) is 2. The van der Waals surface area contributed by atoms with Crippen LogP contribution in [0, 0.1) is 0 Å². The minimum absolute atomic E-state index is 0.0342. The van der Waals surface area contributed by atoms with Crippen LogP contribution in [0.4, 0.5) is 5.82 Å². The molecule has 2 N–H and O–H groups in total. The molecule has 210 valence electrons. The van der Waals surface area contributed by atoms with Gasteiger partial charge in [-0.25, -0.2) is 0 Å². The molecule has 6 rings (SSSR count). The zero-order chi connectivity index (χ0) is 29.4. The van der Waals surface area contributed by atoms with Gasteiger partial charge >= 0.3 is 0 Å². The summed E-state index contributed by atoms with van der Waals surface area (Å²) >= 11 is 0. The summed E-state index contributed by atoms with van der Waals surface area (Å²) in [4.78, 5) is 38.6. The van der Waals surface area contributed by atoms with E-state index in [1.807, 2.05) is 30.3 Å². The van der Waals surface area contributed by atoms with E-state index in [9.17, 15) is 14.4 Å². The number of ether oxygens (including phenoxy) is 2. The van der Waals surface area contributed by atoms with E-state index in [0.717, 1.165) is 11.1 Å². The molecule has 0 aliphatic heterocycles. The van der Waals surface area contributed by atoms with E-state index >= 15 is 0 Å². The molecule has 1 aliphatic carbocycles. The molecule has 0 radical (unpaired) electrons. The first-order valence-electron chi connectivity index (χ1n) is 13.6. The summed E-state index contributed by atoms with van der Waals surface area (Å²) in [5, 5.41) is 10.6. The van der Waals surface area contributed by atoms with Gasteiger partial charge < -0.3 is 14.8 Å². The molecule has 1 heterocycles. The first-order valence-corrected chi connectivity index (χ1v) is 13.6. The average molecular weight is 560 g/mol. The van der Waals surface area contributed by atoms with E-state index in [1.54, 1.807) is 54.6 Å². The highest BCUT2D eigenvalue weighted by Crippen LogP contribution is 2.30. The van der Waals surface area contributed by atoms with E-state index in [2.05, 4.69) is 36.3 Å². The summed E-state index contributed by atoms with van der Waals surface area (Å²) in [6, 6.07) is 25.1. The van der Waals surface area contributed by atoms with Crippen LogP contribution >= 0.6 is 0 Å². The first kappa shape index (κ1) is 27.0. The number of aromatic nitrogens is 2. The average Bonchev–Trinajstić information content (AvgIpc) is 3.39. The molecule has 0 spiro atoms. The topological polar surface area (TPSA) is 110 Å². The second kappa shape index (κ2) is 10.6. The molecule has 0 saturated carbocycles. The Hall–Kier alpha value is -5.24. The van der Waals surface area contributed by atoms with Crippen molar-refractivity contribution in [3.05, 3.63) is 118 Å². The Labute approximate surface area is 242 Å². The first-order chi connectivity index (χ1) is 20.2. The lowest BCUT2D eigenvalue weighted by atomic mass is 9.83. The molecule has 5 aromatic rings. The molecule has 42 heavy (non-hydrogen) atoms. The van der Waals surface area contributed by atoms with Crippen molar-refractivity contribution in [2.45, 2.75) is 32.8 Å². The van der Waals surface area contributed by atoms with Crippen molar-refractivity contribution < 1.29 is 23.9 Å². The van der Waals surface area contributed by atoms with Crippen LogP contribution in [-0.2, 0) is 16.8 Å². The number of H-pyrrole nitrogens is 1. The van der Waals surface area contributed by atoms with E-state index in [0.29, 0.717) is 45.0 Å². The Morgan fingerprint density at radius 2 is 1.45 bits per heavy atom. The van der Waals surface area contributed by atoms with Crippen molar-refractivity contribution in [2.75, 3.05) is 11.9 Å². The monoisotopic (exact) mass is 559 g/mol. The maximum atomic E-state index is 13.1. The molecule has 0 saturated heterocycles. The zero-order valence-electron chi connectivity index (χ0n) is 23.5. The van der Waals surface area contributed by atoms with Crippen molar-refractivity contribution in [2.24, 2.45) is 0 Å². The summed E-state index contributed by atoms with van der Waals surface area (Å²) < 4.78 is 11.7. The van der Waals surface area contributed by atoms with E-state index in [4.69, 9.17) is 9.47 Å². The van der Waals surface area contributed by atoms with Crippen LogP contribution in [0.1, 0.15) is 63.7 Å². The lowest BCUT2D eigenvalue weighted by Crippen LogP contribution is -2.21. The number of benzene rings is 4. The van der Waals surface area contributed by atoms with Crippen LogP contribution in [0.5, 0.6) is 11.5 Å². The van der Waals surface area contributed by atoms with Gasteiger partial charge in [0, 0.05) is 27.6 Å². The Kier molecular flexibility index (Phi) is 6.82. The van der Waals surface area contributed by atoms with Crippen LogP contribution in [0.15, 0.2) is 84.9 Å². The van der Waals surface area contributed by atoms with Gasteiger partial charge in [-0.3, -0.25) is 19.5 Å². The number of hydrogen-bond acceptors (Lipinski definition) is 6. The number of aromatic amines is 1. The highest BCUT2D eigenvalue weighted by atomic mass is 16.5. The van der Waals surface area contributed by atoms with Crippen LogP contribution in [0.25, 0.3) is 10.9 Å². The number of anilines is 1. The largest absolute Gasteiger partial charge is 0.489 e. The minimum Gasteiger partial charge on any atom is -0.489 e. The van der Waals surface area contributed by atoms with Gasteiger partial charge in [0.25, 0.3) is 5.91 Å². The second-order valence-electron chi connectivity index (χ2n) is 11.3. The van der Waals surface area contributed by atoms with Crippen LogP contribution in [0.3, 0.4) is 0 Å². The third-order valence-electron chi connectivity index (χ3n) is 7.28. The third-order valence-corrected chi connectivity index (χ3v) is 7.28. The number of rotatable bonds is 7. The number of fused-ring (bicyclic) bond motifs is 3. The summed E-state index contributed by atoms with van der Waals surface area (Å²) in [5.41, 5.74) is 4.31. The van der Waals surface area contributed by atoms with Crippen molar-refractivity contribution in [3.63, 3.8) is 0 Å². The van der Waals surface area contributed by atoms with Crippen molar-refractivity contribution in [3.8, 4) is 11.5 Å². The van der Waals surface area contributed by atoms with Gasteiger partial charge in [0.05, 0.1) is 5.52 Å². The normalized spacial score (nSPS) is 12.5. The van der Waals surface area contributed by atoms with Crippen LogP contribution < -0.4 is 14.8 Å². The van der Waals surface area contributed by atoms with Gasteiger partial charge in [-0.1, -0.05) is 63.2 Å². The fraction of sp³-hybridized carbons (Fsp3) is 0.176. The maximum absolute atomic E-state index is 13.1. The number of carbonyl (C=O) groups excluding carboxylic acids is 3. The van der Waals surface area contributed by atoms with Gasteiger partial charge in [-0.15, -0.1) is 0 Å². The second-order valence-corrected chi connectivity index (χ2v) is 11.3. The fourth-order valence-corrected chi connectivity index (χ4v) is 4.95. The molecular weight excluding hydrogens is 530 g/mol. The Bertz CT molecular complexity index is 1850. The molecule has 4 aromatic carbocycles. The smallest absolute Gasteiger partial charge is 0.263 e. The van der Waals surface area contributed by atoms with Gasteiger partial charge in [0.1, 0.15) is 18.1 Å². The molecule has 1 amide bonds. The molecular formula is C34H29N3O5. The number of hydrogen-bond donors (Lipinski definition) is 2. The molecule has 8 nitrogen and oxygen atoms in total. The molecule has 0 atom stereocenters. The summed E-state index contributed by atoms with van der Waals surface area (Å²) in [5.74, 6) is 0.857. The zero-order valence-corrected chi connectivity index (χ0v) is 23.5. The summed E-state index contributed by atoms with van der Waals surface area (Å²) in [6.45, 7) is 6.44. The Morgan fingerprint density at radius 1 is 0.786 bits per heavy atom. The van der Waals surface area contributed by atoms with Crippen LogP contribution in [0.2, 0.25) is 0 Å². The van der Waals surface area contributed by atoms with Crippen molar-refractivity contribution in [1.82, 2.24) is 10.2 Å². The number of ketones is 2. The Balaban J connectivity index is 1.11. The Morgan fingerprint density at radius 3 is 2.17 bits per heavy atom. The standard InChI is InChI=1S/C34H29N3O5/c1-34(2,3)21-9-11-22(12-10-21)42-19-30(38)35-33-28-17-23(13-15-29(28)36-37-33)41-18-20-8-14-26-27(16-20)32(40)25-7-5-4-6-24(25)31(26)39/h4-17H,18-19H2,1-3H3,(H2,35,36,37,38). The SMILES string of the molecule is CC(C)(C)c1ccc(OCC(=O)Nc2n[nH]c3ccc(OCc4ccc5c(c4)C(=O)c4ccccc4C5=O)cc23)cc1. The van der Waals surface area contributed by atoms with E-state index < -0.39 is 0 Å². The van der Waals surface area contributed by atoms with Gasteiger partial charge in [-0.05, 0) is 59.0 Å². The molecule has 0 bridgehead atoms. The minimum atomic E-state index is -0.343. The van der Waals surface area contributed by atoms with Crippen LogP contribution in [-0.4, -0.2) is 34.3 Å². The highest BCUT2D eigenvalue weighted by molar-refractivity contribution is 6.28. The summed E-state index contributed by atoms with van der Waals surface area (Å²) in [7, 11) is 0. The number of carbonyl (C=O) groups is 3. The number of amides is 1. The molecule has 1 aromatic heterocycles. The van der Waals surface area contributed by atoms with Gasteiger partial charge in [-0.2, -0.15) is 5.10 Å². The lowest BCUT2D eigenvalue weighted by Gasteiger charge is -2.19. The van der Waals surface area contributed by atoms with Crippen molar-refractivity contribution >= 4 is 34.2 Å². The molecule has 8 heteroatoms. The predicted molar refractivity (Wildman–Crippen MR) is 159 cm³/mol. The van der Waals surface area contributed by atoms with E-state index in [-0.39, 0.29) is 36.1 Å². The fourth-order valence-electron chi connectivity index (χ4n) is 4.95. The quantitative estimate of drug-likeness (QED) is 0.240. The summed E-state index contributed by atoms with van der Waals surface area (Å²) in [6.07, 6.45) is 0. The maximum Gasteiger partial charge on any atom is 0.263 e. The van der Waals surface area contributed by atoms with Crippen molar-refractivity contribution in [1.29, 1.82) is 0 Å². The van der Waals surface area contributed by atoms with E-state index in [1.165, 1.54) is 5.56 Å². The third kappa shape index (κ3) is 5.26.